The van der Waals surface area contributed by atoms with Crippen LogP contribution in [0.1, 0.15) is 17.2 Å². The molecule has 3 rings (SSSR count). The van der Waals surface area contributed by atoms with E-state index < -0.39 is 6.10 Å². The molecule has 5 heteroatoms. The summed E-state index contributed by atoms with van der Waals surface area (Å²) in [5.74, 6) is 1.46. The van der Waals surface area contributed by atoms with Crippen LogP contribution in [-0.4, -0.2) is 18.3 Å². The van der Waals surface area contributed by atoms with Crippen LogP contribution in [0.5, 0.6) is 11.5 Å². The number of fused-ring (bicyclic) bond motifs is 1. The molecule has 2 aromatic rings. The molecule has 94 valence electrons. The largest absolute Gasteiger partial charge is 0.486 e. The van der Waals surface area contributed by atoms with E-state index in [0.29, 0.717) is 19.0 Å². The van der Waals surface area contributed by atoms with Crippen molar-refractivity contribution in [1.82, 2.24) is 0 Å². The Morgan fingerprint density at radius 2 is 1.89 bits per heavy atom. The molecule has 1 aliphatic heterocycles. The van der Waals surface area contributed by atoms with Gasteiger partial charge in [0.15, 0.2) is 11.5 Å². The number of ether oxygens (including phenoxy) is 2. The molecule has 0 fully saturated rings. The van der Waals surface area contributed by atoms with Crippen LogP contribution < -0.4 is 9.47 Å². The standard InChI is InChI=1S/C13H11IO3S/c14-12-6-9(7-18-12)13(15)8-1-2-10-11(5-8)17-4-3-16-10/h1-2,5-7,13,15H,3-4H2. The van der Waals surface area contributed by atoms with Crippen molar-refractivity contribution in [3.05, 3.63) is 43.7 Å². The van der Waals surface area contributed by atoms with Crippen LogP contribution in [-0.2, 0) is 0 Å². The molecule has 1 N–H and O–H groups in total. The first-order valence-corrected chi connectivity index (χ1v) is 7.51. The second kappa shape index (κ2) is 5.07. The van der Waals surface area contributed by atoms with E-state index in [-0.39, 0.29) is 0 Å². The van der Waals surface area contributed by atoms with Crippen LogP contribution in [0.25, 0.3) is 0 Å². The van der Waals surface area contributed by atoms with E-state index in [1.807, 2.05) is 29.6 Å². The zero-order valence-electron chi connectivity index (χ0n) is 9.43. The average molecular weight is 374 g/mol. The van der Waals surface area contributed by atoms with Gasteiger partial charge >= 0.3 is 0 Å². The summed E-state index contributed by atoms with van der Waals surface area (Å²) < 4.78 is 12.1. The molecule has 1 atom stereocenters. The van der Waals surface area contributed by atoms with Gasteiger partial charge in [0.25, 0.3) is 0 Å². The Morgan fingerprint density at radius 1 is 1.11 bits per heavy atom. The van der Waals surface area contributed by atoms with Gasteiger partial charge in [-0.05, 0) is 57.3 Å². The molecule has 0 aliphatic carbocycles. The zero-order chi connectivity index (χ0) is 12.5. The normalized spacial score (nSPS) is 15.4. The number of aliphatic hydroxyl groups excluding tert-OH is 1. The van der Waals surface area contributed by atoms with Crippen molar-refractivity contribution >= 4 is 33.9 Å². The number of aliphatic hydroxyl groups is 1. The highest BCUT2D eigenvalue weighted by molar-refractivity contribution is 14.1. The first-order chi connectivity index (χ1) is 8.74. The summed E-state index contributed by atoms with van der Waals surface area (Å²) in [5.41, 5.74) is 1.74. The Bertz CT molecular complexity index is 567. The zero-order valence-corrected chi connectivity index (χ0v) is 12.4. The van der Waals surface area contributed by atoms with Crippen LogP contribution in [0.15, 0.2) is 29.6 Å². The monoisotopic (exact) mass is 374 g/mol. The van der Waals surface area contributed by atoms with E-state index in [2.05, 4.69) is 22.6 Å². The Hall–Kier alpha value is -0.790. The maximum absolute atomic E-state index is 10.3. The van der Waals surface area contributed by atoms with Crippen LogP contribution >= 0.6 is 33.9 Å². The Kier molecular flexibility index (Phi) is 3.45. The van der Waals surface area contributed by atoms with Crippen LogP contribution in [0.3, 0.4) is 0 Å². The summed E-state index contributed by atoms with van der Waals surface area (Å²) in [7, 11) is 0. The minimum Gasteiger partial charge on any atom is -0.486 e. The fourth-order valence-electron chi connectivity index (χ4n) is 1.89. The van der Waals surface area contributed by atoms with E-state index in [0.717, 1.165) is 16.9 Å². The molecule has 3 nitrogen and oxygen atoms in total. The third-order valence-electron chi connectivity index (χ3n) is 2.79. The van der Waals surface area contributed by atoms with Gasteiger partial charge in [-0.2, -0.15) is 0 Å². The first kappa shape index (κ1) is 12.3. The highest BCUT2D eigenvalue weighted by atomic mass is 127. The second-order valence-corrected chi connectivity index (χ2v) is 6.80. The van der Waals surface area contributed by atoms with Gasteiger partial charge < -0.3 is 14.6 Å². The minimum atomic E-state index is -0.611. The van der Waals surface area contributed by atoms with Gasteiger partial charge in [-0.25, -0.2) is 0 Å². The summed E-state index contributed by atoms with van der Waals surface area (Å²) in [4.78, 5) is 0. The van der Waals surface area contributed by atoms with Crippen molar-refractivity contribution < 1.29 is 14.6 Å². The quantitative estimate of drug-likeness (QED) is 0.821. The Morgan fingerprint density at radius 3 is 2.61 bits per heavy atom. The van der Waals surface area contributed by atoms with Crippen LogP contribution in [0.2, 0.25) is 0 Å². The minimum absolute atomic E-state index is 0.558. The van der Waals surface area contributed by atoms with Gasteiger partial charge in [-0.3, -0.25) is 0 Å². The highest BCUT2D eigenvalue weighted by Crippen LogP contribution is 2.35. The molecule has 0 bridgehead atoms. The Balaban J connectivity index is 1.92. The topological polar surface area (TPSA) is 38.7 Å². The van der Waals surface area contributed by atoms with Gasteiger partial charge in [0.05, 0.1) is 2.88 Å². The lowest BCUT2D eigenvalue weighted by Gasteiger charge is -2.20. The highest BCUT2D eigenvalue weighted by Gasteiger charge is 2.17. The lowest BCUT2D eigenvalue weighted by molar-refractivity contribution is 0.169. The number of hydrogen-bond acceptors (Lipinski definition) is 4. The summed E-state index contributed by atoms with van der Waals surface area (Å²) in [6.07, 6.45) is -0.611. The van der Waals surface area contributed by atoms with Gasteiger partial charge in [0, 0.05) is 0 Å². The van der Waals surface area contributed by atoms with Crippen molar-refractivity contribution in [2.45, 2.75) is 6.10 Å². The van der Waals surface area contributed by atoms with Crippen molar-refractivity contribution in [2.75, 3.05) is 13.2 Å². The van der Waals surface area contributed by atoms with Crippen LogP contribution in [0.4, 0.5) is 0 Å². The summed E-state index contributed by atoms with van der Waals surface area (Å²) in [6.45, 7) is 1.14. The first-order valence-electron chi connectivity index (χ1n) is 5.55. The average Bonchev–Trinajstić information content (AvgIpc) is 2.84. The fourth-order valence-corrected chi connectivity index (χ4v) is 3.28. The summed E-state index contributed by atoms with van der Waals surface area (Å²) >= 11 is 3.88. The van der Waals surface area contributed by atoms with E-state index in [9.17, 15) is 5.11 Å². The van der Waals surface area contributed by atoms with Crippen molar-refractivity contribution in [3.8, 4) is 11.5 Å². The molecular formula is C13H11IO3S. The molecule has 1 aliphatic rings. The molecule has 0 amide bonds. The molecule has 18 heavy (non-hydrogen) atoms. The fraction of sp³-hybridized carbons (Fsp3) is 0.231. The lowest BCUT2D eigenvalue weighted by Crippen LogP contribution is -2.15. The van der Waals surface area contributed by atoms with Crippen LogP contribution in [0, 0.1) is 2.88 Å². The molecule has 1 aromatic carbocycles. The predicted octanol–water partition coefficient (Wildman–Crippen LogP) is 3.21. The van der Waals surface area contributed by atoms with Crippen molar-refractivity contribution in [3.63, 3.8) is 0 Å². The third kappa shape index (κ3) is 2.34. The van der Waals surface area contributed by atoms with Crippen molar-refractivity contribution in [1.29, 1.82) is 0 Å². The number of benzene rings is 1. The maximum Gasteiger partial charge on any atom is 0.161 e. The van der Waals surface area contributed by atoms with Crippen molar-refractivity contribution in [2.24, 2.45) is 0 Å². The molecule has 2 heterocycles. The van der Waals surface area contributed by atoms with E-state index >= 15 is 0 Å². The smallest absolute Gasteiger partial charge is 0.161 e. The summed E-state index contributed by atoms with van der Waals surface area (Å²) in [6, 6.07) is 7.57. The molecule has 0 radical (unpaired) electrons. The SMILES string of the molecule is OC(c1csc(I)c1)c1ccc2c(c1)OCCO2. The van der Waals surface area contributed by atoms with Gasteiger partial charge in [0.2, 0.25) is 0 Å². The summed E-state index contributed by atoms with van der Waals surface area (Å²) in [5, 5.41) is 12.3. The number of hydrogen-bond donors (Lipinski definition) is 1. The van der Waals surface area contributed by atoms with E-state index in [1.165, 1.54) is 2.88 Å². The van der Waals surface area contributed by atoms with Gasteiger partial charge in [-0.1, -0.05) is 6.07 Å². The van der Waals surface area contributed by atoms with Gasteiger partial charge in [0.1, 0.15) is 19.3 Å². The maximum atomic E-state index is 10.3. The second-order valence-electron chi connectivity index (χ2n) is 3.99. The lowest BCUT2D eigenvalue weighted by atomic mass is 10.0. The van der Waals surface area contributed by atoms with E-state index in [4.69, 9.17) is 9.47 Å². The number of thiophene rings is 1. The predicted molar refractivity (Wildman–Crippen MR) is 78.5 cm³/mol. The van der Waals surface area contributed by atoms with E-state index in [1.54, 1.807) is 11.3 Å². The number of rotatable bonds is 2. The Labute approximate surface area is 123 Å². The van der Waals surface area contributed by atoms with Gasteiger partial charge in [-0.15, -0.1) is 11.3 Å². The molecule has 0 spiro atoms. The molecule has 1 aromatic heterocycles. The third-order valence-corrected chi connectivity index (χ3v) is 4.59. The molecule has 0 saturated carbocycles. The number of halogens is 1. The molecule has 1 unspecified atom stereocenters. The molecular weight excluding hydrogens is 363 g/mol. The molecule has 0 saturated heterocycles.